The number of fused-ring (bicyclic) bond motifs is 1. The lowest BCUT2D eigenvalue weighted by Crippen LogP contribution is -2.59. The van der Waals surface area contributed by atoms with E-state index in [0.717, 1.165) is 34.7 Å². The first-order valence-corrected chi connectivity index (χ1v) is 11.7. The Hall–Kier alpha value is -2.06. The molecular formula is C24H26BrF3N2O2. The highest BCUT2D eigenvalue weighted by atomic mass is 79.9. The molecule has 3 aliphatic rings. The smallest absolute Gasteiger partial charge is 0.446 e. The van der Waals surface area contributed by atoms with E-state index in [1.807, 2.05) is 24.3 Å². The van der Waals surface area contributed by atoms with Crippen LogP contribution in [-0.4, -0.2) is 30.2 Å². The van der Waals surface area contributed by atoms with Crippen LogP contribution in [0, 0.1) is 5.92 Å². The monoisotopic (exact) mass is 510 g/mol. The molecule has 0 spiro atoms. The highest BCUT2D eigenvalue weighted by Crippen LogP contribution is 2.55. The van der Waals surface area contributed by atoms with Crippen molar-refractivity contribution >= 4 is 33.6 Å². The van der Waals surface area contributed by atoms with Crippen LogP contribution in [0.15, 0.2) is 40.9 Å². The Morgan fingerprint density at radius 2 is 1.88 bits per heavy atom. The van der Waals surface area contributed by atoms with Gasteiger partial charge in [-0.15, -0.1) is 0 Å². The maximum atomic E-state index is 10.8. The summed E-state index contributed by atoms with van der Waals surface area (Å²) in [6.07, 6.45) is 1.88. The summed E-state index contributed by atoms with van der Waals surface area (Å²) in [5.41, 5.74) is 4.94. The number of alkyl halides is 3. The second-order valence-electron chi connectivity index (χ2n) is 8.84. The summed E-state index contributed by atoms with van der Waals surface area (Å²) in [6.45, 7) is 1.11. The maximum Gasteiger partial charge on any atom is 0.446 e. The molecule has 2 aromatic rings. The van der Waals surface area contributed by atoms with Gasteiger partial charge in [0.05, 0.1) is 5.69 Å². The van der Waals surface area contributed by atoms with Gasteiger partial charge in [-0.25, -0.2) is 0 Å². The van der Waals surface area contributed by atoms with Crippen molar-refractivity contribution in [2.45, 2.75) is 56.2 Å². The van der Waals surface area contributed by atoms with Crippen molar-refractivity contribution in [2.24, 2.45) is 5.92 Å². The molecule has 0 radical (unpaired) electrons. The van der Waals surface area contributed by atoms with Gasteiger partial charge in [0.25, 0.3) is 0 Å². The molecule has 8 heteroatoms. The van der Waals surface area contributed by atoms with E-state index in [-0.39, 0.29) is 5.41 Å². The van der Waals surface area contributed by atoms with Gasteiger partial charge in [0.1, 0.15) is 5.75 Å². The van der Waals surface area contributed by atoms with E-state index >= 15 is 0 Å². The Balaban J connectivity index is 0.000000363. The van der Waals surface area contributed by atoms with Gasteiger partial charge in [-0.2, -0.15) is 13.2 Å². The normalized spacial score (nSPS) is 26.1. The number of hydrogen-bond donors (Lipinski definition) is 3. The van der Waals surface area contributed by atoms with E-state index in [4.69, 9.17) is 4.79 Å². The molecule has 1 saturated heterocycles. The lowest BCUT2D eigenvalue weighted by Gasteiger charge is -2.56. The van der Waals surface area contributed by atoms with Crippen molar-refractivity contribution in [3.63, 3.8) is 0 Å². The zero-order valence-corrected chi connectivity index (χ0v) is 19.1. The molecule has 3 atom stereocenters. The molecule has 0 unspecified atom stereocenters. The number of rotatable bonds is 2. The second kappa shape index (κ2) is 9.06. The minimum Gasteiger partial charge on any atom is -0.506 e. The number of phenolic OH excluding ortho intramolecular Hbond substituents is 1. The summed E-state index contributed by atoms with van der Waals surface area (Å²) in [5.74, 6) is 1.12. The second-order valence-corrected chi connectivity index (χ2v) is 9.76. The lowest BCUT2D eigenvalue weighted by atomic mass is 9.53. The minimum atomic E-state index is -4.64. The molecule has 1 heterocycles. The highest BCUT2D eigenvalue weighted by Gasteiger charge is 2.51. The Morgan fingerprint density at radius 3 is 2.56 bits per heavy atom. The first-order valence-electron chi connectivity index (χ1n) is 10.9. The van der Waals surface area contributed by atoms with Crippen LogP contribution in [0.1, 0.15) is 43.2 Å². The van der Waals surface area contributed by atoms with Gasteiger partial charge in [-0.05, 0) is 85.7 Å². The number of halogens is 4. The molecule has 32 heavy (non-hydrogen) atoms. The van der Waals surface area contributed by atoms with Gasteiger partial charge >= 0.3 is 6.18 Å². The molecule has 0 aromatic heterocycles. The first kappa shape index (κ1) is 23.1. The van der Waals surface area contributed by atoms with Crippen molar-refractivity contribution < 1.29 is 23.1 Å². The summed E-state index contributed by atoms with van der Waals surface area (Å²) in [4.78, 5) is 8.70. The van der Waals surface area contributed by atoms with Gasteiger partial charge in [-0.1, -0.05) is 28.8 Å². The molecule has 4 nitrogen and oxygen atoms in total. The number of piperidine rings is 1. The summed E-state index contributed by atoms with van der Waals surface area (Å²) in [6, 6.07) is 12.9. The lowest BCUT2D eigenvalue weighted by molar-refractivity contribution is -0.156. The Labute approximate surface area is 193 Å². The topological polar surface area (TPSA) is 61.4 Å². The van der Waals surface area contributed by atoms with Gasteiger partial charge in [-0.3, -0.25) is 4.79 Å². The van der Waals surface area contributed by atoms with Crippen LogP contribution in [-0.2, 0) is 16.6 Å². The fourth-order valence-corrected chi connectivity index (χ4v) is 6.03. The molecule has 0 amide bonds. The van der Waals surface area contributed by atoms with E-state index in [2.05, 4.69) is 38.7 Å². The third kappa shape index (κ3) is 4.66. The highest BCUT2D eigenvalue weighted by molar-refractivity contribution is 9.10. The Morgan fingerprint density at radius 1 is 1.16 bits per heavy atom. The summed E-state index contributed by atoms with van der Waals surface area (Å²) in [5, 5.41) is 18.0. The fourth-order valence-electron chi connectivity index (χ4n) is 5.76. The van der Waals surface area contributed by atoms with E-state index in [9.17, 15) is 18.3 Å². The predicted octanol–water partition coefficient (Wildman–Crippen LogP) is 5.99. The number of benzene rings is 2. The largest absolute Gasteiger partial charge is 0.506 e. The van der Waals surface area contributed by atoms with Gasteiger partial charge in [0, 0.05) is 21.6 Å². The van der Waals surface area contributed by atoms with Crippen LogP contribution >= 0.6 is 15.9 Å². The first-order chi connectivity index (χ1) is 15.2. The summed E-state index contributed by atoms with van der Waals surface area (Å²) >= 11 is 3.47. The van der Waals surface area contributed by atoms with E-state index in [0.29, 0.717) is 11.8 Å². The number of aromatic hydroxyl groups is 1. The molecule has 2 aromatic carbocycles. The number of phenols is 1. The van der Waals surface area contributed by atoms with E-state index in [1.54, 1.807) is 0 Å². The third-order valence-corrected chi connectivity index (χ3v) is 7.54. The molecule has 2 fully saturated rings. The standard InChI is InChI=1S/C22H25BrN2O.C2HF3O/c23-15-4-6-16(7-5-15)25-20-12-14-11-19-17-3-1-2-8-22(17,9-10-24-19)18(14)13-21(20)26;3-2(4,5)1-6/h4-7,12-13,17,19,24-26H,1-3,8-11H2;1H/t17-,19+,22+;/m1./s1. The SMILES string of the molecule is O=CC(F)(F)F.Oc1cc2c(cc1Nc1ccc(Br)cc1)C[C@@H]1NCC[C@]23CCCC[C@H]13. The minimum absolute atomic E-state index is 0.287. The molecule has 1 saturated carbocycles. The molecule has 172 valence electrons. The fraction of sp³-hybridized carbons (Fsp3) is 0.458. The summed E-state index contributed by atoms with van der Waals surface area (Å²) < 4.78 is 32.3. The zero-order chi connectivity index (χ0) is 22.9. The van der Waals surface area contributed by atoms with Gasteiger partial charge in [0.15, 0.2) is 0 Å². The number of carbonyl (C=O) groups is 1. The Bertz CT molecular complexity index is 976. The van der Waals surface area contributed by atoms with Crippen LogP contribution in [0.25, 0.3) is 0 Å². The molecule has 2 bridgehead atoms. The van der Waals surface area contributed by atoms with E-state index in [1.165, 1.54) is 43.2 Å². The molecule has 5 rings (SSSR count). The number of hydrogen-bond acceptors (Lipinski definition) is 4. The van der Waals surface area contributed by atoms with Crippen LogP contribution in [0.4, 0.5) is 24.5 Å². The van der Waals surface area contributed by atoms with Crippen LogP contribution < -0.4 is 10.6 Å². The maximum absolute atomic E-state index is 10.8. The average Bonchev–Trinajstić information content (AvgIpc) is 2.76. The molecule has 1 aliphatic heterocycles. The molecule has 3 N–H and O–H groups in total. The Kier molecular flexibility index (Phi) is 6.54. The zero-order valence-electron chi connectivity index (χ0n) is 17.5. The van der Waals surface area contributed by atoms with Gasteiger partial charge < -0.3 is 15.7 Å². The van der Waals surface area contributed by atoms with Crippen molar-refractivity contribution in [3.8, 4) is 5.75 Å². The quantitative estimate of drug-likeness (QED) is 0.343. The van der Waals surface area contributed by atoms with Crippen molar-refractivity contribution in [1.82, 2.24) is 5.32 Å². The number of carbonyl (C=O) groups excluding carboxylic acids is 1. The summed E-state index contributed by atoms with van der Waals surface area (Å²) in [7, 11) is 0. The number of aldehydes is 1. The predicted molar refractivity (Wildman–Crippen MR) is 121 cm³/mol. The molecule has 2 aliphatic carbocycles. The van der Waals surface area contributed by atoms with E-state index < -0.39 is 12.5 Å². The third-order valence-electron chi connectivity index (χ3n) is 7.02. The van der Waals surface area contributed by atoms with Crippen LogP contribution in [0.3, 0.4) is 0 Å². The van der Waals surface area contributed by atoms with Crippen molar-refractivity contribution in [2.75, 3.05) is 11.9 Å². The number of anilines is 2. The van der Waals surface area contributed by atoms with Crippen LogP contribution in [0.5, 0.6) is 5.75 Å². The van der Waals surface area contributed by atoms with Crippen molar-refractivity contribution in [1.29, 1.82) is 0 Å². The van der Waals surface area contributed by atoms with Gasteiger partial charge in [0.2, 0.25) is 6.29 Å². The molecular weight excluding hydrogens is 485 g/mol. The van der Waals surface area contributed by atoms with Crippen molar-refractivity contribution in [3.05, 3.63) is 52.0 Å². The van der Waals surface area contributed by atoms with Crippen LogP contribution in [0.2, 0.25) is 0 Å². The average molecular weight is 511 g/mol. The number of nitrogens with one attached hydrogen (secondary N) is 2.